The van der Waals surface area contributed by atoms with Gasteiger partial charge < -0.3 is 20.3 Å². The number of hydrogen-bond donors (Lipinski definition) is 3. The van der Waals surface area contributed by atoms with Crippen LogP contribution in [-0.4, -0.2) is 41.5 Å². The van der Waals surface area contributed by atoms with Crippen LogP contribution in [-0.2, 0) is 4.79 Å². The Hall–Kier alpha value is -1.66. The molecule has 1 amide bonds. The van der Waals surface area contributed by atoms with Gasteiger partial charge in [0, 0.05) is 0 Å². The molecule has 0 saturated carbocycles. The minimum absolute atomic E-state index is 0.0234. The Morgan fingerprint density at radius 2 is 2.00 bits per heavy atom. The summed E-state index contributed by atoms with van der Waals surface area (Å²) in [4.78, 5) is 11.6. The van der Waals surface area contributed by atoms with Crippen LogP contribution in [0.4, 0.5) is 4.39 Å². The van der Waals surface area contributed by atoms with Gasteiger partial charge in [0.05, 0.1) is 19.3 Å². The van der Waals surface area contributed by atoms with Crippen LogP contribution < -0.4 is 10.1 Å². The smallest absolute Gasteiger partial charge is 0.261 e. The summed E-state index contributed by atoms with van der Waals surface area (Å²) in [7, 11) is 0. The zero-order valence-electron chi connectivity index (χ0n) is 9.97. The number of amides is 1. The third kappa shape index (κ3) is 3.97. The summed E-state index contributed by atoms with van der Waals surface area (Å²) in [5, 5.41) is 20.0. The minimum atomic E-state index is -0.928. The summed E-state index contributed by atoms with van der Waals surface area (Å²) < 4.78 is 18.4. The predicted octanol–water partition coefficient (Wildman–Crippen LogP) is 0.0624. The Bertz CT molecular complexity index is 395. The van der Waals surface area contributed by atoms with Crippen molar-refractivity contribution >= 4 is 5.91 Å². The average Bonchev–Trinajstić information content (AvgIpc) is 2.38. The van der Waals surface area contributed by atoms with E-state index in [0.29, 0.717) is 0 Å². The van der Waals surface area contributed by atoms with Gasteiger partial charge in [-0.15, -0.1) is 0 Å². The van der Waals surface area contributed by atoms with Crippen molar-refractivity contribution in [1.29, 1.82) is 0 Å². The van der Waals surface area contributed by atoms with Gasteiger partial charge in [-0.1, -0.05) is 12.1 Å². The second-order valence-corrected chi connectivity index (χ2v) is 3.76. The summed E-state index contributed by atoms with van der Waals surface area (Å²) in [6.07, 6.45) is -0.928. The van der Waals surface area contributed by atoms with E-state index in [1.807, 2.05) is 0 Å². The van der Waals surface area contributed by atoms with Gasteiger partial charge in [0.1, 0.15) is 0 Å². The molecule has 1 rings (SSSR count). The van der Waals surface area contributed by atoms with Gasteiger partial charge in [-0.25, -0.2) is 4.39 Å². The molecule has 1 aromatic carbocycles. The molecule has 0 fully saturated rings. The molecule has 0 bridgehead atoms. The number of aliphatic hydroxyl groups is 2. The van der Waals surface area contributed by atoms with Gasteiger partial charge in [-0.3, -0.25) is 4.79 Å². The molecule has 1 unspecified atom stereocenters. The molecular weight excluding hydrogens is 241 g/mol. The van der Waals surface area contributed by atoms with Crippen molar-refractivity contribution in [2.24, 2.45) is 0 Å². The summed E-state index contributed by atoms with van der Waals surface area (Å²) in [6.45, 7) is 0.691. The van der Waals surface area contributed by atoms with Crippen molar-refractivity contribution in [2.45, 2.75) is 19.1 Å². The quantitative estimate of drug-likeness (QED) is 0.673. The molecule has 0 spiro atoms. The maximum absolute atomic E-state index is 13.3. The summed E-state index contributed by atoms with van der Waals surface area (Å²) >= 11 is 0. The second kappa shape index (κ2) is 6.93. The number of aliphatic hydroxyl groups excluding tert-OH is 2. The lowest BCUT2D eigenvalue weighted by Gasteiger charge is -2.18. The SMILES string of the molecule is CC(Oc1ccccc1F)C(=O)NC(CO)CO. The first-order chi connectivity index (χ1) is 8.58. The van der Waals surface area contributed by atoms with Crippen molar-refractivity contribution in [3.05, 3.63) is 30.1 Å². The molecule has 0 aliphatic carbocycles. The van der Waals surface area contributed by atoms with E-state index in [2.05, 4.69) is 5.32 Å². The molecule has 0 aliphatic heterocycles. The van der Waals surface area contributed by atoms with Gasteiger partial charge in [0.15, 0.2) is 17.7 Å². The number of carbonyl (C=O) groups excluding carboxylic acids is 1. The fraction of sp³-hybridized carbons (Fsp3) is 0.417. The first kappa shape index (κ1) is 14.4. The van der Waals surface area contributed by atoms with E-state index in [-0.39, 0.29) is 19.0 Å². The Balaban J connectivity index is 2.57. The molecule has 0 aromatic heterocycles. The molecule has 0 radical (unpaired) electrons. The average molecular weight is 257 g/mol. The van der Waals surface area contributed by atoms with E-state index in [4.69, 9.17) is 14.9 Å². The molecule has 1 aromatic rings. The molecule has 18 heavy (non-hydrogen) atoms. The van der Waals surface area contributed by atoms with E-state index in [0.717, 1.165) is 0 Å². The van der Waals surface area contributed by atoms with Crippen LogP contribution >= 0.6 is 0 Å². The molecule has 0 heterocycles. The molecule has 1 atom stereocenters. The molecule has 0 saturated heterocycles. The van der Waals surface area contributed by atoms with Crippen molar-refractivity contribution in [3.8, 4) is 5.75 Å². The Kier molecular flexibility index (Phi) is 5.54. The highest BCUT2D eigenvalue weighted by molar-refractivity contribution is 5.81. The van der Waals surface area contributed by atoms with Crippen molar-refractivity contribution in [1.82, 2.24) is 5.32 Å². The Morgan fingerprint density at radius 1 is 1.39 bits per heavy atom. The van der Waals surface area contributed by atoms with Gasteiger partial charge in [-0.05, 0) is 19.1 Å². The van der Waals surface area contributed by atoms with Crippen LogP contribution in [0.5, 0.6) is 5.75 Å². The largest absolute Gasteiger partial charge is 0.478 e. The van der Waals surface area contributed by atoms with Crippen LogP contribution in [0.15, 0.2) is 24.3 Å². The van der Waals surface area contributed by atoms with Gasteiger partial charge in [0.25, 0.3) is 5.91 Å². The van der Waals surface area contributed by atoms with Crippen molar-refractivity contribution < 1.29 is 24.1 Å². The number of ether oxygens (including phenoxy) is 1. The minimum Gasteiger partial charge on any atom is -0.478 e. The lowest BCUT2D eigenvalue weighted by atomic mass is 10.3. The van der Waals surface area contributed by atoms with Crippen LogP contribution in [0.1, 0.15) is 6.92 Å². The fourth-order valence-corrected chi connectivity index (χ4v) is 1.25. The monoisotopic (exact) mass is 257 g/mol. The number of para-hydroxylation sites is 1. The van der Waals surface area contributed by atoms with Crippen molar-refractivity contribution in [3.63, 3.8) is 0 Å². The number of carbonyl (C=O) groups is 1. The highest BCUT2D eigenvalue weighted by Crippen LogP contribution is 2.16. The van der Waals surface area contributed by atoms with E-state index >= 15 is 0 Å². The summed E-state index contributed by atoms with van der Waals surface area (Å²) in [5.41, 5.74) is 0. The number of rotatable bonds is 6. The van der Waals surface area contributed by atoms with Gasteiger partial charge in [-0.2, -0.15) is 0 Å². The lowest BCUT2D eigenvalue weighted by Crippen LogP contribution is -2.45. The Labute approximate surface area is 104 Å². The topological polar surface area (TPSA) is 78.8 Å². The van der Waals surface area contributed by atoms with Gasteiger partial charge in [0.2, 0.25) is 0 Å². The summed E-state index contributed by atoms with van der Waals surface area (Å²) in [6, 6.07) is 5.00. The summed E-state index contributed by atoms with van der Waals surface area (Å²) in [5.74, 6) is -1.12. The molecule has 0 aliphatic rings. The maximum atomic E-state index is 13.3. The third-order valence-electron chi connectivity index (χ3n) is 2.30. The fourth-order valence-electron chi connectivity index (χ4n) is 1.25. The lowest BCUT2D eigenvalue weighted by molar-refractivity contribution is -0.128. The normalized spacial score (nSPS) is 12.3. The van der Waals surface area contributed by atoms with Crippen LogP contribution in [0.25, 0.3) is 0 Å². The second-order valence-electron chi connectivity index (χ2n) is 3.76. The predicted molar refractivity (Wildman–Crippen MR) is 62.6 cm³/mol. The number of hydrogen-bond acceptors (Lipinski definition) is 4. The van der Waals surface area contributed by atoms with Crippen LogP contribution in [0.2, 0.25) is 0 Å². The maximum Gasteiger partial charge on any atom is 0.261 e. The van der Waals surface area contributed by atoms with Crippen LogP contribution in [0, 0.1) is 5.82 Å². The van der Waals surface area contributed by atoms with E-state index in [1.54, 1.807) is 6.07 Å². The van der Waals surface area contributed by atoms with Crippen LogP contribution in [0.3, 0.4) is 0 Å². The standard InChI is InChI=1S/C12H16FNO4/c1-8(12(17)14-9(6-15)7-16)18-11-5-3-2-4-10(11)13/h2-5,8-9,15-16H,6-7H2,1H3,(H,14,17). The highest BCUT2D eigenvalue weighted by Gasteiger charge is 2.19. The number of benzene rings is 1. The molecular formula is C12H16FNO4. The first-order valence-electron chi connectivity index (χ1n) is 5.51. The van der Waals surface area contributed by atoms with Gasteiger partial charge >= 0.3 is 0 Å². The third-order valence-corrected chi connectivity index (χ3v) is 2.30. The van der Waals surface area contributed by atoms with Crippen molar-refractivity contribution in [2.75, 3.05) is 13.2 Å². The highest BCUT2D eigenvalue weighted by atomic mass is 19.1. The molecule has 100 valence electrons. The van der Waals surface area contributed by atoms with E-state index in [1.165, 1.54) is 25.1 Å². The number of halogens is 1. The zero-order chi connectivity index (χ0) is 13.5. The first-order valence-corrected chi connectivity index (χ1v) is 5.51. The zero-order valence-corrected chi connectivity index (χ0v) is 9.97. The molecule has 6 heteroatoms. The van der Waals surface area contributed by atoms with E-state index in [9.17, 15) is 9.18 Å². The molecule has 3 N–H and O–H groups in total. The Morgan fingerprint density at radius 3 is 2.56 bits per heavy atom. The number of nitrogens with one attached hydrogen (secondary N) is 1. The molecule has 5 nitrogen and oxygen atoms in total. The van der Waals surface area contributed by atoms with E-state index < -0.39 is 23.9 Å².